The predicted molar refractivity (Wildman–Crippen MR) is 149 cm³/mol. The van der Waals surface area contributed by atoms with Crippen LogP contribution in [0.3, 0.4) is 0 Å². The lowest BCUT2D eigenvalue weighted by Crippen LogP contribution is -1.93. The third kappa shape index (κ3) is 2.70. The molecule has 0 aliphatic heterocycles. The molecule has 164 valence electrons. The van der Waals surface area contributed by atoms with Gasteiger partial charge in [0.25, 0.3) is 0 Å². The van der Waals surface area contributed by atoms with Crippen molar-refractivity contribution in [3.05, 3.63) is 115 Å². The standard InChI is InChI=1S/C32H19NOS/c1-2-8-20(9-3-1)30-18-21-14-16-27-31(32(21)35-30)24-11-4-6-12-26(24)33(27)22-15-17-29-25(19-22)23-10-5-7-13-28(23)34-29/h1-19H. The molecule has 8 aromatic rings. The zero-order valence-corrected chi connectivity index (χ0v) is 19.5. The summed E-state index contributed by atoms with van der Waals surface area (Å²) in [6.07, 6.45) is 0. The Labute approximate surface area is 205 Å². The molecule has 0 spiro atoms. The van der Waals surface area contributed by atoms with Gasteiger partial charge in [0.2, 0.25) is 0 Å². The Hall–Kier alpha value is -4.34. The first kappa shape index (κ1) is 19.0. The Balaban J connectivity index is 1.46. The maximum atomic E-state index is 6.09. The topological polar surface area (TPSA) is 18.1 Å². The minimum Gasteiger partial charge on any atom is -0.456 e. The van der Waals surface area contributed by atoms with Gasteiger partial charge in [0.15, 0.2) is 0 Å². The van der Waals surface area contributed by atoms with Gasteiger partial charge in [-0.1, -0.05) is 72.8 Å². The number of furan rings is 1. The summed E-state index contributed by atoms with van der Waals surface area (Å²) in [6, 6.07) is 41.1. The molecular formula is C32H19NOS. The van der Waals surface area contributed by atoms with Crippen LogP contribution >= 0.6 is 11.3 Å². The highest BCUT2D eigenvalue weighted by Crippen LogP contribution is 2.43. The molecule has 0 aliphatic rings. The van der Waals surface area contributed by atoms with Crippen molar-refractivity contribution in [1.82, 2.24) is 4.57 Å². The molecule has 0 saturated heterocycles. The third-order valence-corrected chi connectivity index (χ3v) is 8.21. The molecule has 0 bridgehead atoms. The number of hydrogen-bond acceptors (Lipinski definition) is 2. The van der Waals surface area contributed by atoms with E-state index in [1.54, 1.807) is 0 Å². The normalized spacial score (nSPS) is 12.0. The van der Waals surface area contributed by atoms with Gasteiger partial charge >= 0.3 is 0 Å². The summed E-state index contributed by atoms with van der Waals surface area (Å²) in [6.45, 7) is 0. The second-order valence-electron chi connectivity index (χ2n) is 8.99. The fourth-order valence-corrected chi connectivity index (χ4v) is 6.65. The predicted octanol–water partition coefficient (Wildman–Crippen LogP) is 9.56. The number of benzene rings is 5. The van der Waals surface area contributed by atoms with Crippen LogP contribution in [-0.2, 0) is 0 Å². The highest BCUT2D eigenvalue weighted by molar-refractivity contribution is 7.23. The monoisotopic (exact) mass is 465 g/mol. The Morgan fingerprint density at radius 2 is 1.34 bits per heavy atom. The molecule has 35 heavy (non-hydrogen) atoms. The molecule has 0 atom stereocenters. The van der Waals surface area contributed by atoms with Crippen LogP contribution in [0.5, 0.6) is 0 Å². The lowest BCUT2D eigenvalue weighted by Gasteiger charge is -2.08. The van der Waals surface area contributed by atoms with E-state index >= 15 is 0 Å². The molecule has 0 N–H and O–H groups in total. The molecule has 3 heteroatoms. The summed E-state index contributed by atoms with van der Waals surface area (Å²) in [7, 11) is 0. The van der Waals surface area contributed by atoms with Crippen LogP contribution in [0.1, 0.15) is 0 Å². The zero-order valence-electron chi connectivity index (χ0n) is 18.7. The number of hydrogen-bond donors (Lipinski definition) is 0. The number of nitrogens with zero attached hydrogens (tertiary/aromatic N) is 1. The van der Waals surface area contributed by atoms with Crippen LogP contribution in [-0.4, -0.2) is 4.57 Å². The minimum absolute atomic E-state index is 0.920. The first-order valence-electron chi connectivity index (χ1n) is 11.8. The van der Waals surface area contributed by atoms with E-state index in [1.165, 1.54) is 42.3 Å². The van der Waals surface area contributed by atoms with Crippen molar-refractivity contribution in [2.75, 3.05) is 0 Å². The first-order chi connectivity index (χ1) is 17.3. The molecule has 2 nitrogen and oxygen atoms in total. The van der Waals surface area contributed by atoms with Crippen molar-refractivity contribution in [1.29, 1.82) is 0 Å². The van der Waals surface area contributed by atoms with Gasteiger partial charge in [-0.15, -0.1) is 11.3 Å². The fourth-order valence-electron chi connectivity index (χ4n) is 5.43. The molecule has 0 saturated carbocycles. The van der Waals surface area contributed by atoms with E-state index in [2.05, 4.69) is 108 Å². The minimum atomic E-state index is 0.920. The van der Waals surface area contributed by atoms with Crippen LogP contribution in [0, 0.1) is 0 Å². The van der Waals surface area contributed by atoms with Gasteiger partial charge < -0.3 is 8.98 Å². The zero-order chi connectivity index (χ0) is 22.9. The largest absolute Gasteiger partial charge is 0.456 e. The second kappa shape index (κ2) is 7.08. The molecule has 0 aliphatic carbocycles. The molecule has 8 rings (SSSR count). The fraction of sp³-hybridized carbons (Fsp3) is 0. The van der Waals surface area contributed by atoms with Crippen molar-refractivity contribution in [2.24, 2.45) is 0 Å². The quantitative estimate of drug-likeness (QED) is 0.248. The average Bonchev–Trinajstić information content (AvgIpc) is 3.60. The van der Waals surface area contributed by atoms with Crippen LogP contribution in [0.15, 0.2) is 120 Å². The first-order valence-corrected chi connectivity index (χ1v) is 12.6. The van der Waals surface area contributed by atoms with Crippen LogP contribution in [0.4, 0.5) is 0 Å². The molecular weight excluding hydrogens is 446 g/mol. The van der Waals surface area contributed by atoms with E-state index in [9.17, 15) is 0 Å². The van der Waals surface area contributed by atoms with Gasteiger partial charge in [0.1, 0.15) is 11.2 Å². The number of thiophene rings is 1. The van der Waals surface area contributed by atoms with Crippen LogP contribution in [0.25, 0.3) is 70.0 Å². The van der Waals surface area contributed by atoms with Crippen molar-refractivity contribution < 1.29 is 4.42 Å². The maximum absolute atomic E-state index is 6.09. The van der Waals surface area contributed by atoms with Crippen molar-refractivity contribution in [2.45, 2.75) is 0 Å². The molecule has 5 aromatic carbocycles. The van der Waals surface area contributed by atoms with Crippen LogP contribution < -0.4 is 0 Å². The second-order valence-corrected chi connectivity index (χ2v) is 10.0. The van der Waals surface area contributed by atoms with E-state index < -0.39 is 0 Å². The Bertz CT molecular complexity index is 2060. The maximum Gasteiger partial charge on any atom is 0.135 e. The number of para-hydroxylation sites is 2. The highest BCUT2D eigenvalue weighted by Gasteiger charge is 2.17. The summed E-state index contributed by atoms with van der Waals surface area (Å²) >= 11 is 1.88. The van der Waals surface area contributed by atoms with E-state index in [4.69, 9.17) is 4.42 Å². The Morgan fingerprint density at radius 3 is 2.26 bits per heavy atom. The molecule has 3 heterocycles. The molecule has 0 radical (unpaired) electrons. The van der Waals surface area contributed by atoms with Gasteiger partial charge in [-0.05, 0) is 53.4 Å². The highest BCUT2D eigenvalue weighted by atomic mass is 32.1. The van der Waals surface area contributed by atoms with Crippen molar-refractivity contribution in [3.63, 3.8) is 0 Å². The Kier molecular flexibility index (Phi) is 3.85. The van der Waals surface area contributed by atoms with Crippen molar-refractivity contribution in [3.8, 4) is 16.1 Å². The number of fused-ring (bicyclic) bond motifs is 8. The third-order valence-electron chi connectivity index (χ3n) is 7.00. The van der Waals surface area contributed by atoms with Gasteiger partial charge in [-0.25, -0.2) is 0 Å². The average molecular weight is 466 g/mol. The lowest BCUT2D eigenvalue weighted by molar-refractivity contribution is 0.669. The van der Waals surface area contributed by atoms with E-state index in [1.807, 2.05) is 23.5 Å². The van der Waals surface area contributed by atoms with Gasteiger partial charge in [0.05, 0.1) is 11.0 Å². The van der Waals surface area contributed by atoms with Crippen molar-refractivity contribution >= 4 is 65.2 Å². The smallest absolute Gasteiger partial charge is 0.135 e. The molecule has 0 amide bonds. The number of rotatable bonds is 2. The summed E-state index contributed by atoms with van der Waals surface area (Å²) in [4.78, 5) is 1.30. The summed E-state index contributed by atoms with van der Waals surface area (Å²) < 4.78 is 9.83. The lowest BCUT2D eigenvalue weighted by atomic mass is 10.1. The SMILES string of the molecule is c1ccc(-c2cc3ccc4c(c5ccccc5n4-c4ccc5oc6ccccc6c5c4)c3s2)cc1. The van der Waals surface area contributed by atoms with Gasteiger partial charge in [-0.3, -0.25) is 0 Å². The van der Waals surface area contributed by atoms with E-state index in [0.29, 0.717) is 0 Å². The summed E-state index contributed by atoms with van der Waals surface area (Å²) in [5.74, 6) is 0. The number of aromatic nitrogens is 1. The summed E-state index contributed by atoms with van der Waals surface area (Å²) in [5.41, 5.74) is 6.71. The molecule has 3 aromatic heterocycles. The van der Waals surface area contributed by atoms with E-state index in [-0.39, 0.29) is 0 Å². The summed E-state index contributed by atoms with van der Waals surface area (Å²) in [5, 5.41) is 6.19. The van der Waals surface area contributed by atoms with Gasteiger partial charge in [0, 0.05) is 36.8 Å². The Morgan fingerprint density at radius 1 is 0.571 bits per heavy atom. The van der Waals surface area contributed by atoms with E-state index in [0.717, 1.165) is 27.6 Å². The molecule has 0 fully saturated rings. The molecule has 0 unspecified atom stereocenters. The van der Waals surface area contributed by atoms with Gasteiger partial charge in [-0.2, -0.15) is 0 Å². The van der Waals surface area contributed by atoms with Crippen LogP contribution in [0.2, 0.25) is 0 Å².